The van der Waals surface area contributed by atoms with E-state index in [-0.39, 0.29) is 11.5 Å². The zero-order valence-corrected chi connectivity index (χ0v) is 23.2. The van der Waals surface area contributed by atoms with Crippen LogP contribution in [0.25, 0.3) is 11.3 Å². The number of rotatable bonds is 11. The summed E-state index contributed by atoms with van der Waals surface area (Å²) in [6, 6.07) is 16.7. The summed E-state index contributed by atoms with van der Waals surface area (Å²) in [6.45, 7) is 2.65. The van der Waals surface area contributed by atoms with Crippen LogP contribution < -0.4 is 15.4 Å². The van der Waals surface area contributed by atoms with E-state index in [1.807, 2.05) is 56.6 Å². The molecule has 2 aromatic carbocycles. The van der Waals surface area contributed by atoms with Crippen LogP contribution in [0.15, 0.2) is 54.7 Å². The normalized spacial score (nSPS) is 11.0. The lowest BCUT2D eigenvalue weighted by Gasteiger charge is -2.14. The van der Waals surface area contributed by atoms with Crippen molar-refractivity contribution in [2.45, 2.75) is 19.8 Å². The van der Waals surface area contributed by atoms with Gasteiger partial charge in [-0.05, 0) is 62.6 Å². The number of Topliss-reactive ketones (excluding diaryl/α,β-unsaturated/α-hetero) is 1. The van der Waals surface area contributed by atoms with Gasteiger partial charge in [0.1, 0.15) is 11.8 Å². The second-order valence-electron chi connectivity index (χ2n) is 9.65. The van der Waals surface area contributed by atoms with Gasteiger partial charge in [-0.25, -0.2) is 4.98 Å². The Morgan fingerprint density at radius 1 is 1.12 bits per heavy atom. The highest BCUT2D eigenvalue weighted by Gasteiger charge is 2.15. The maximum atomic E-state index is 12.8. The predicted molar refractivity (Wildman–Crippen MR) is 153 cm³/mol. The number of aryl methyl sites for hydroxylation is 1. The number of nitrogens with one attached hydrogen (secondary N) is 2. The molecule has 0 aliphatic rings. The number of ether oxygens (including phenoxy) is 1. The summed E-state index contributed by atoms with van der Waals surface area (Å²) in [7, 11) is 5.56. The molecule has 0 aliphatic carbocycles. The van der Waals surface area contributed by atoms with Gasteiger partial charge in [0, 0.05) is 41.6 Å². The van der Waals surface area contributed by atoms with Crippen molar-refractivity contribution in [1.29, 1.82) is 5.26 Å². The molecule has 3 aromatic heterocycles. The molecule has 0 spiro atoms. The van der Waals surface area contributed by atoms with Gasteiger partial charge in [0.15, 0.2) is 28.8 Å². The number of nitriles is 1. The number of tetrazole rings is 1. The van der Waals surface area contributed by atoms with Crippen molar-refractivity contribution >= 4 is 34.3 Å². The molecular weight excluding hydrogens is 522 g/mol. The SMILES string of the molecule is COc1cc(Nc2cc(Nc3cccc(C(=O)CCCN(C)C)c3)c3ncc(C#N)n3n2)cc(-n2nnnc2C)c1. The molecule has 0 bridgehead atoms. The van der Waals surface area contributed by atoms with Crippen LogP contribution in [0, 0.1) is 18.3 Å². The summed E-state index contributed by atoms with van der Waals surface area (Å²) in [4.78, 5) is 19.2. The summed E-state index contributed by atoms with van der Waals surface area (Å²) < 4.78 is 8.55. The zero-order chi connectivity index (χ0) is 28.9. The lowest BCUT2D eigenvalue weighted by molar-refractivity contribution is 0.0977. The van der Waals surface area contributed by atoms with Crippen molar-refractivity contribution in [3.63, 3.8) is 0 Å². The van der Waals surface area contributed by atoms with Gasteiger partial charge in [0.2, 0.25) is 0 Å². The highest BCUT2D eigenvalue weighted by Crippen LogP contribution is 2.29. The van der Waals surface area contributed by atoms with Gasteiger partial charge < -0.3 is 20.3 Å². The number of benzene rings is 2. The lowest BCUT2D eigenvalue weighted by atomic mass is 10.1. The van der Waals surface area contributed by atoms with E-state index in [0.29, 0.717) is 57.8 Å². The molecule has 0 saturated carbocycles. The third-order valence-corrected chi connectivity index (χ3v) is 6.32. The first-order valence-electron chi connectivity index (χ1n) is 12.9. The first kappa shape index (κ1) is 27.2. The molecule has 2 N–H and O–H groups in total. The van der Waals surface area contributed by atoms with E-state index in [9.17, 15) is 10.1 Å². The quantitative estimate of drug-likeness (QED) is 0.230. The maximum Gasteiger partial charge on any atom is 0.178 e. The average molecular weight is 552 g/mol. The first-order valence-corrected chi connectivity index (χ1v) is 12.9. The summed E-state index contributed by atoms with van der Waals surface area (Å²) in [6.07, 6.45) is 2.72. The Balaban J connectivity index is 1.47. The number of anilines is 4. The van der Waals surface area contributed by atoms with Gasteiger partial charge in [-0.15, -0.1) is 10.2 Å². The molecule has 5 rings (SSSR count). The molecule has 13 nitrogen and oxygen atoms in total. The van der Waals surface area contributed by atoms with E-state index in [1.165, 1.54) is 10.7 Å². The Hall–Kier alpha value is -5.35. The van der Waals surface area contributed by atoms with E-state index in [2.05, 4.69) is 47.2 Å². The smallest absolute Gasteiger partial charge is 0.178 e. The Labute approximate surface area is 236 Å². The van der Waals surface area contributed by atoms with Crippen molar-refractivity contribution in [3.8, 4) is 17.5 Å². The average Bonchev–Trinajstić information content (AvgIpc) is 3.58. The van der Waals surface area contributed by atoms with Gasteiger partial charge in [-0.3, -0.25) is 4.79 Å². The van der Waals surface area contributed by atoms with Crippen molar-refractivity contribution in [1.82, 2.24) is 39.7 Å². The standard InChI is InChI=1S/C28H29N11O2/c1-18-33-35-36-38(18)22-12-21(13-24(14-22)41-4)32-27-15-25(28-30-17-23(16-29)39(28)34-27)31-20-8-5-7-19(11-20)26(40)9-6-10-37(2)3/h5,7-8,11-15,17,31H,6,9-10H2,1-4H3,(H,32,34). The highest BCUT2D eigenvalue weighted by atomic mass is 16.5. The van der Waals surface area contributed by atoms with Gasteiger partial charge in [0.05, 0.1) is 24.7 Å². The van der Waals surface area contributed by atoms with Crippen molar-refractivity contribution in [3.05, 3.63) is 71.8 Å². The second-order valence-corrected chi connectivity index (χ2v) is 9.65. The molecule has 0 aliphatic heterocycles. The van der Waals surface area contributed by atoms with E-state index >= 15 is 0 Å². The van der Waals surface area contributed by atoms with Crippen molar-refractivity contribution < 1.29 is 9.53 Å². The molecule has 0 unspecified atom stereocenters. The summed E-state index contributed by atoms with van der Waals surface area (Å²) in [5.41, 5.74) is 4.03. The third-order valence-electron chi connectivity index (χ3n) is 6.32. The molecule has 0 amide bonds. The van der Waals surface area contributed by atoms with E-state index in [1.54, 1.807) is 24.8 Å². The van der Waals surface area contributed by atoms with Crippen LogP contribution in [0.3, 0.4) is 0 Å². The Morgan fingerprint density at radius 2 is 1.98 bits per heavy atom. The topological polar surface area (TPSA) is 151 Å². The third kappa shape index (κ3) is 6.13. The maximum absolute atomic E-state index is 12.8. The largest absolute Gasteiger partial charge is 0.497 e. The lowest BCUT2D eigenvalue weighted by Crippen LogP contribution is -2.14. The van der Waals surface area contributed by atoms with Gasteiger partial charge in [-0.1, -0.05) is 12.1 Å². The van der Waals surface area contributed by atoms with Crippen molar-refractivity contribution in [2.75, 3.05) is 38.4 Å². The molecule has 5 aromatic rings. The number of carbonyl (C=O) groups is 1. The fraction of sp³-hybridized carbons (Fsp3) is 0.250. The molecule has 41 heavy (non-hydrogen) atoms. The van der Waals surface area contributed by atoms with Crippen LogP contribution in [0.5, 0.6) is 5.75 Å². The monoisotopic (exact) mass is 551 g/mol. The minimum atomic E-state index is 0.0805. The molecular formula is C28H29N11O2. The van der Waals surface area contributed by atoms with Gasteiger partial charge in [0.25, 0.3) is 0 Å². The van der Waals surface area contributed by atoms with Gasteiger partial charge >= 0.3 is 0 Å². The van der Waals surface area contributed by atoms with E-state index in [4.69, 9.17) is 4.74 Å². The molecule has 0 radical (unpaired) electrons. The fourth-order valence-corrected chi connectivity index (χ4v) is 4.34. The van der Waals surface area contributed by atoms with Crippen molar-refractivity contribution in [2.24, 2.45) is 0 Å². The Kier molecular flexibility index (Phi) is 7.84. The number of fused-ring (bicyclic) bond motifs is 1. The first-order chi connectivity index (χ1) is 19.8. The molecule has 0 atom stereocenters. The second kappa shape index (κ2) is 11.8. The zero-order valence-electron chi connectivity index (χ0n) is 23.2. The number of aromatic nitrogens is 7. The summed E-state index contributed by atoms with van der Waals surface area (Å²) in [5, 5.41) is 32.6. The number of hydrogen-bond acceptors (Lipinski definition) is 11. The van der Waals surface area contributed by atoms with E-state index < -0.39 is 0 Å². The Bertz CT molecular complexity index is 1750. The van der Waals surface area contributed by atoms with Crippen LogP contribution in [-0.2, 0) is 0 Å². The van der Waals surface area contributed by atoms with Crippen LogP contribution in [0.1, 0.15) is 34.7 Å². The summed E-state index contributed by atoms with van der Waals surface area (Å²) in [5.74, 6) is 1.73. The number of ketones is 1. The number of imidazole rings is 1. The summed E-state index contributed by atoms with van der Waals surface area (Å²) >= 11 is 0. The fourth-order valence-electron chi connectivity index (χ4n) is 4.34. The number of methoxy groups -OCH3 is 1. The van der Waals surface area contributed by atoms with Crippen LogP contribution in [0.4, 0.5) is 22.9 Å². The molecule has 0 saturated heterocycles. The predicted octanol–water partition coefficient (Wildman–Crippen LogP) is 3.91. The molecule has 0 fully saturated rings. The van der Waals surface area contributed by atoms with Crippen LogP contribution >= 0.6 is 0 Å². The molecule has 13 heteroatoms. The highest BCUT2D eigenvalue weighted by molar-refractivity contribution is 5.97. The molecule has 3 heterocycles. The van der Waals surface area contributed by atoms with E-state index in [0.717, 1.165) is 13.0 Å². The van der Waals surface area contributed by atoms with Crippen LogP contribution in [-0.4, -0.2) is 73.2 Å². The van der Waals surface area contributed by atoms with Crippen LogP contribution in [0.2, 0.25) is 0 Å². The number of nitrogens with zero attached hydrogens (tertiary/aromatic N) is 9. The minimum absolute atomic E-state index is 0.0805. The van der Waals surface area contributed by atoms with Gasteiger partial charge in [-0.2, -0.15) is 14.5 Å². The number of carbonyl (C=O) groups excluding carboxylic acids is 1. The number of hydrogen-bond donors (Lipinski definition) is 2. The Morgan fingerprint density at radius 3 is 2.71 bits per heavy atom. The minimum Gasteiger partial charge on any atom is -0.497 e. The molecule has 208 valence electrons.